The molecule has 72 valence electrons. The van der Waals surface area contributed by atoms with Crippen molar-refractivity contribution in [3.63, 3.8) is 0 Å². The SMILES string of the molecule is CC(=O)O.ClCCl.ClCCl.O. The van der Waals surface area contributed by atoms with Crippen molar-refractivity contribution in [3.05, 3.63) is 0 Å². The van der Waals surface area contributed by atoms with E-state index in [9.17, 15) is 0 Å². The van der Waals surface area contributed by atoms with Crippen LogP contribution in [0.25, 0.3) is 0 Å². The van der Waals surface area contributed by atoms with Crippen molar-refractivity contribution in [1.29, 1.82) is 0 Å². The molecule has 0 aliphatic rings. The predicted octanol–water partition coefficient (Wildman–Crippen LogP) is 2.11. The highest BCUT2D eigenvalue weighted by atomic mass is 35.5. The fraction of sp³-hybridized carbons (Fsp3) is 0.750. The largest absolute Gasteiger partial charge is 0.481 e. The maximum atomic E-state index is 9.00. The Morgan fingerprint density at radius 1 is 1.18 bits per heavy atom. The van der Waals surface area contributed by atoms with E-state index in [1.807, 2.05) is 0 Å². The van der Waals surface area contributed by atoms with Gasteiger partial charge in [-0.15, -0.1) is 46.4 Å². The highest BCUT2D eigenvalue weighted by Crippen LogP contribution is 1.73. The molecule has 0 aliphatic carbocycles. The van der Waals surface area contributed by atoms with Crippen molar-refractivity contribution in [2.75, 3.05) is 10.7 Å². The first-order chi connectivity index (χ1) is 4.56. The number of aliphatic carboxylic acids is 1. The molecule has 0 fully saturated rings. The molecule has 0 rings (SSSR count). The first-order valence-electron chi connectivity index (χ1n) is 2.00. The lowest BCUT2D eigenvalue weighted by Gasteiger charge is -1.59. The van der Waals surface area contributed by atoms with Crippen LogP contribution in [0, 0.1) is 0 Å². The molecular formula is C4H10Cl4O3. The minimum Gasteiger partial charge on any atom is -0.481 e. The van der Waals surface area contributed by atoms with Gasteiger partial charge in [-0.1, -0.05) is 0 Å². The van der Waals surface area contributed by atoms with E-state index in [0.29, 0.717) is 0 Å². The molecule has 0 aromatic carbocycles. The number of carbonyl (C=O) groups is 1. The average Bonchev–Trinajstić information content (AvgIpc) is 1.65. The van der Waals surface area contributed by atoms with Crippen LogP contribution in [0.1, 0.15) is 6.92 Å². The second-order valence-corrected chi connectivity index (χ2v) is 2.34. The molecule has 0 saturated heterocycles. The quantitative estimate of drug-likeness (QED) is 0.667. The zero-order valence-electron chi connectivity index (χ0n) is 5.78. The normalized spacial score (nSPS) is 5.55. The van der Waals surface area contributed by atoms with Gasteiger partial charge in [0.1, 0.15) is 0 Å². The Labute approximate surface area is 85.5 Å². The highest BCUT2D eigenvalue weighted by Gasteiger charge is 1.65. The van der Waals surface area contributed by atoms with Crippen LogP contribution in [0.5, 0.6) is 0 Å². The van der Waals surface area contributed by atoms with Gasteiger partial charge in [-0.2, -0.15) is 0 Å². The Kier molecular flexibility index (Phi) is 63.9. The molecule has 0 amide bonds. The fourth-order valence-electron chi connectivity index (χ4n) is 0. The van der Waals surface area contributed by atoms with Crippen LogP contribution in [-0.4, -0.2) is 27.2 Å². The second-order valence-electron chi connectivity index (χ2n) is 0.721. The zero-order chi connectivity index (χ0) is 8.99. The molecule has 0 spiro atoms. The maximum Gasteiger partial charge on any atom is 0.300 e. The molecule has 0 saturated carbocycles. The summed E-state index contributed by atoms with van der Waals surface area (Å²) < 4.78 is 0. The molecule has 0 heterocycles. The number of rotatable bonds is 0. The van der Waals surface area contributed by atoms with E-state index in [-0.39, 0.29) is 16.2 Å². The van der Waals surface area contributed by atoms with Gasteiger partial charge >= 0.3 is 0 Å². The van der Waals surface area contributed by atoms with E-state index in [2.05, 4.69) is 0 Å². The third-order valence-corrected chi connectivity index (χ3v) is 0. The molecule has 3 nitrogen and oxygen atoms in total. The van der Waals surface area contributed by atoms with Gasteiger partial charge < -0.3 is 10.6 Å². The minimum atomic E-state index is -0.833. The lowest BCUT2D eigenvalue weighted by atomic mass is 10.9. The van der Waals surface area contributed by atoms with E-state index in [0.717, 1.165) is 6.92 Å². The number of alkyl halides is 4. The maximum absolute atomic E-state index is 9.00. The third-order valence-electron chi connectivity index (χ3n) is 0. The molecule has 7 heteroatoms. The molecule has 0 radical (unpaired) electrons. The first kappa shape index (κ1) is 22.6. The Morgan fingerprint density at radius 2 is 1.18 bits per heavy atom. The summed E-state index contributed by atoms with van der Waals surface area (Å²) in [5, 5.41) is 7.81. The third kappa shape index (κ3) is 2240. The van der Waals surface area contributed by atoms with Crippen molar-refractivity contribution < 1.29 is 15.4 Å². The zero-order valence-corrected chi connectivity index (χ0v) is 8.81. The van der Waals surface area contributed by atoms with Crippen LogP contribution in [0.15, 0.2) is 0 Å². The molecule has 3 N–H and O–H groups in total. The van der Waals surface area contributed by atoms with E-state index in [1.54, 1.807) is 0 Å². The van der Waals surface area contributed by atoms with Gasteiger partial charge in [0.15, 0.2) is 0 Å². The molecule has 11 heavy (non-hydrogen) atoms. The highest BCUT2D eigenvalue weighted by molar-refractivity contribution is 6.40. The Morgan fingerprint density at radius 3 is 1.18 bits per heavy atom. The van der Waals surface area contributed by atoms with Crippen LogP contribution in [0.2, 0.25) is 0 Å². The van der Waals surface area contributed by atoms with Crippen molar-refractivity contribution in [1.82, 2.24) is 0 Å². The molecule has 0 atom stereocenters. The molecule has 0 aromatic heterocycles. The standard InChI is InChI=1S/C2H4O2.2CH2Cl2.H2O/c1-2(3)4;2*2-1-3;/h1H3,(H,3,4);2*1H2;1H2. The van der Waals surface area contributed by atoms with Gasteiger partial charge in [0, 0.05) is 6.92 Å². The molecule has 0 aromatic rings. The Bertz CT molecular complexity index is 55.3. The summed E-state index contributed by atoms with van der Waals surface area (Å²) in [6.45, 7) is 1.08. The van der Waals surface area contributed by atoms with Crippen molar-refractivity contribution in [2.45, 2.75) is 6.92 Å². The summed E-state index contributed by atoms with van der Waals surface area (Å²) in [5.41, 5.74) is 0. The topological polar surface area (TPSA) is 68.8 Å². The molecule has 0 bridgehead atoms. The van der Waals surface area contributed by atoms with Gasteiger partial charge in [-0.25, -0.2) is 0 Å². The predicted molar refractivity (Wildman–Crippen MR) is 50.1 cm³/mol. The van der Waals surface area contributed by atoms with Gasteiger partial charge in [-0.3, -0.25) is 4.79 Å². The van der Waals surface area contributed by atoms with E-state index in [4.69, 9.17) is 56.3 Å². The lowest BCUT2D eigenvalue weighted by Crippen LogP contribution is -1.78. The summed E-state index contributed by atoms with van der Waals surface area (Å²) in [4.78, 5) is 9.00. The first-order valence-corrected chi connectivity index (χ1v) is 4.13. The average molecular weight is 248 g/mol. The fourth-order valence-corrected chi connectivity index (χ4v) is 0. The van der Waals surface area contributed by atoms with Gasteiger partial charge in [0.2, 0.25) is 0 Å². The van der Waals surface area contributed by atoms with Crippen LogP contribution in [0.3, 0.4) is 0 Å². The smallest absolute Gasteiger partial charge is 0.300 e. The van der Waals surface area contributed by atoms with Crippen LogP contribution in [-0.2, 0) is 4.79 Å². The van der Waals surface area contributed by atoms with Crippen molar-refractivity contribution in [2.24, 2.45) is 0 Å². The Hall–Kier alpha value is 0.590. The van der Waals surface area contributed by atoms with E-state index >= 15 is 0 Å². The Balaban J connectivity index is -0.0000000325. The monoisotopic (exact) mass is 246 g/mol. The molecule has 0 aliphatic heterocycles. The van der Waals surface area contributed by atoms with Gasteiger partial charge in [0.05, 0.1) is 10.7 Å². The summed E-state index contributed by atoms with van der Waals surface area (Å²) in [7, 11) is 0. The molecular weight excluding hydrogens is 238 g/mol. The second kappa shape index (κ2) is 31.2. The summed E-state index contributed by atoms with van der Waals surface area (Å²) in [6, 6.07) is 0. The van der Waals surface area contributed by atoms with E-state index in [1.165, 1.54) is 0 Å². The summed E-state index contributed by atoms with van der Waals surface area (Å²) >= 11 is 19.1. The van der Waals surface area contributed by atoms with Crippen LogP contribution < -0.4 is 0 Å². The van der Waals surface area contributed by atoms with Gasteiger partial charge in [-0.05, 0) is 0 Å². The number of hydrogen-bond acceptors (Lipinski definition) is 1. The van der Waals surface area contributed by atoms with Gasteiger partial charge in [0.25, 0.3) is 5.97 Å². The summed E-state index contributed by atoms with van der Waals surface area (Å²) in [5.74, 6) is -0.833. The number of carboxylic acids is 1. The number of halogens is 4. The van der Waals surface area contributed by atoms with Crippen LogP contribution >= 0.6 is 46.4 Å². The minimum absolute atomic E-state index is 0. The van der Waals surface area contributed by atoms with Crippen molar-refractivity contribution >= 4 is 52.4 Å². The summed E-state index contributed by atoms with van der Waals surface area (Å²) in [6.07, 6.45) is 0. The van der Waals surface area contributed by atoms with Crippen LogP contribution in [0.4, 0.5) is 0 Å². The number of carboxylic acid groups (broad SMARTS) is 1. The van der Waals surface area contributed by atoms with E-state index < -0.39 is 5.97 Å². The lowest BCUT2D eigenvalue weighted by molar-refractivity contribution is -0.134. The molecule has 0 unspecified atom stereocenters. The number of hydrogen-bond donors (Lipinski definition) is 1. The van der Waals surface area contributed by atoms with Crippen molar-refractivity contribution in [3.8, 4) is 0 Å².